The number of anilines is 1. The topological polar surface area (TPSA) is 52.7 Å². The molecule has 0 aliphatic carbocycles. The van der Waals surface area contributed by atoms with Crippen LogP contribution in [0.1, 0.15) is 54.4 Å². The first-order valence-electron chi connectivity index (χ1n) is 9.11. The quantitative estimate of drug-likeness (QED) is 0.900. The van der Waals surface area contributed by atoms with Crippen molar-refractivity contribution in [3.8, 4) is 0 Å². The Morgan fingerprint density at radius 2 is 1.46 bits per heavy atom. The molecule has 3 rings (SSSR count). The van der Waals surface area contributed by atoms with E-state index >= 15 is 0 Å². The van der Waals surface area contributed by atoms with Crippen LogP contribution in [0.5, 0.6) is 0 Å². The Hall–Kier alpha value is -2.04. The van der Waals surface area contributed by atoms with Crippen molar-refractivity contribution in [1.82, 2.24) is 9.80 Å². The van der Waals surface area contributed by atoms with Gasteiger partial charge >= 0.3 is 6.03 Å². The summed E-state index contributed by atoms with van der Waals surface area (Å²) >= 11 is 0. The summed E-state index contributed by atoms with van der Waals surface area (Å²) in [4.78, 5) is 29.2. The summed E-state index contributed by atoms with van der Waals surface area (Å²) in [6, 6.07) is 5.59. The Kier molecular flexibility index (Phi) is 5.38. The van der Waals surface area contributed by atoms with Crippen LogP contribution in [-0.2, 0) is 0 Å². The number of hydrogen-bond acceptors (Lipinski definition) is 2. The van der Waals surface area contributed by atoms with Crippen LogP contribution >= 0.6 is 0 Å². The van der Waals surface area contributed by atoms with Gasteiger partial charge in [0.25, 0.3) is 5.91 Å². The number of rotatable bonds is 2. The molecule has 1 N–H and O–H groups in total. The first-order valence-corrected chi connectivity index (χ1v) is 9.11. The van der Waals surface area contributed by atoms with Crippen molar-refractivity contribution in [2.75, 3.05) is 31.5 Å². The maximum atomic E-state index is 12.9. The maximum Gasteiger partial charge on any atom is 0.321 e. The van der Waals surface area contributed by atoms with E-state index in [1.807, 2.05) is 34.9 Å². The van der Waals surface area contributed by atoms with Crippen LogP contribution < -0.4 is 5.32 Å². The lowest BCUT2D eigenvalue weighted by Gasteiger charge is -2.23. The van der Waals surface area contributed by atoms with Crippen molar-refractivity contribution < 1.29 is 9.59 Å². The molecule has 0 spiro atoms. The van der Waals surface area contributed by atoms with Crippen LogP contribution in [-0.4, -0.2) is 47.9 Å². The second-order valence-electron chi connectivity index (χ2n) is 6.83. The monoisotopic (exact) mass is 329 g/mol. The van der Waals surface area contributed by atoms with Gasteiger partial charge in [0.2, 0.25) is 0 Å². The van der Waals surface area contributed by atoms with E-state index in [2.05, 4.69) is 5.32 Å². The van der Waals surface area contributed by atoms with E-state index in [9.17, 15) is 9.59 Å². The van der Waals surface area contributed by atoms with Gasteiger partial charge in [-0.15, -0.1) is 0 Å². The molecule has 2 aliphatic rings. The van der Waals surface area contributed by atoms with Crippen molar-refractivity contribution in [3.05, 3.63) is 29.3 Å². The minimum absolute atomic E-state index is 0.0387. The number of aryl methyl sites for hydroxylation is 1. The molecule has 2 fully saturated rings. The lowest BCUT2D eigenvalue weighted by Crippen LogP contribution is -2.36. The molecule has 5 nitrogen and oxygen atoms in total. The van der Waals surface area contributed by atoms with Gasteiger partial charge in [-0.05, 0) is 44.2 Å². The lowest BCUT2D eigenvalue weighted by atomic mass is 10.1. The molecule has 0 atom stereocenters. The molecular weight excluding hydrogens is 302 g/mol. The minimum atomic E-state index is -0.0852. The SMILES string of the molecule is Cc1cccc(NC(=O)N2CCCCCC2)c1C(=O)N1CCCC1. The van der Waals surface area contributed by atoms with E-state index in [1.165, 1.54) is 12.8 Å². The Balaban J connectivity index is 1.78. The molecule has 2 saturated heterocycles. The van der Waals surface area contributed by atoms with Crippen LogP contribution in [0, 0.1) is 6.92 Å². The molecule has 5 heteroatoms. The van der Waals surface area contributed by atoms with Crippen molar-refractivity contribution in [2.45, 2.75) is 45.4 Å². The highest BCUT2D eigenvalue weighted by Gasteiger charge is 2.25. The highest BCUT2D eigenvalue weighted by molar-refractivity contribution is 6.04. The minimum Gasteiger partial charge on any atom is -0.339 e. The third-order valence-electron chi connectivity index (χ3n) is 5.01. The van der Waals surface area contributed by atoms with Crippen LogP contribution in [0.2, 0.25) is 0 Å². The zero-order valence-electron chi connectivity index (χ0n) is 14.5. The summed E-state index contributed by atoms with van der Waals surface area (Å²) in [5.74, 6) is 0.0387. The van der Waals surface area contributed by atoms with E-state index in [0.29, 0.717) is 11.3 Å². The number of benzene rings is 1. The molecule has 130 valence electrons. The Labute approximate surface area is 144 Å². The molecule has 1 aromatic rings. The van der Waals surface area contributed by atoms with Gasteiger partial charge in [0.05, 0.1) is 11.3 Å². The lowest BCUT2D eigenvalue weighted by molar-refractivity contribution is 0.0793. The number of nitrogens with zero attached hydrogens (tertiary/aromatic N) is 2. The molecule has 0 bridgehead atoms. The number of hydrogen-bond donors (Lipinski definition) is 1. The van der Waals surface area contributed by atoms with Gasteiger partial charge in [0.1, 0.15) is 0 Å². The van der Waals surface area contributed by atoms with E-state index < -0.39 is 0 Å². The van der Waals surface area contributed by atoms with E-state index in [4.69, 9.17) is 0 Å². The first kappa shape index (κ1) is 16.8. The molecule has 0 radical (unpaired) electrons. The molecule has 0 unspecified atom stereocenters. The third kappa shape index (κ3) is 3.71. The highest BCUT2D eigenvalue weighted by Crippen LogP contribution is 2.24. The van der Waals surface area contributed by atoms with Gasteiger partial charge in [-0.2, -0.15) is 0 Å². The number of likely N-dealkylation sites (tertiary alicyclic amines) is 2. The first-order chi connectivity index (χ1) is 11.7. The highest BCUT2D eigenvalue weighted by atomic mass is 16.2. The summed E-state index contributed by atoms with van der Waals surface area (Å²) in [7, 11) is 0. The predicted octanol–water partition coefficient (Wildman–Crippen LogP) is 3.64. The fourth-order valence-electron chi connectivity index (χ4n) is 3.60. The molecule has 3 amide bonds. The van der Waals surface area contributed by atoms with Crippen LogP contribution in [0.15, 0.2) is 18.2 Å². The average Bonchev–Trinajstić information content (AvgIpc) is 2.97. The van der Waals surface area contributed by atoms with Crippen molar-refractivity contribution in [2.24, 2.45) is 0 Å². The average molecular weight is 329 g/mol. The number of amides is 3. The van der Waals surface area contributed by atoms with E-state index in [1.54, 1.807) is 0 Å². The van der Waals surface area contributed by atoms with Gasteiger partial charge < -0.3 is 15.1 Å². The fraction of sp³-hybridized carbons (Fsp3) is 0.579. The fourth-order valence-corrected chi connectivity index (χ4v) is 3.60. The van der Waals surface area contributed by atoms with Crippen molar-refractivity contribution in [1.29, 1.82) is 0 Å². The second kappa shape index (κ2) is 7.69. The maximum absolute atomic E-state index is 12.9. The summed E-state index contributed by atoms with van der Waals surface area (Å²) < 4.78 is 0. The molecular formula is C19H27N3O2. The summed E-state index contributed by atoms with van der Waals surface area (Å²) in [6.07, 6.45) is 6.61. The van der Waals surface area contributed by atoms with Gasteiger partial charge in [-0.3, -0.25) is 4.79 Å². The standard InChI is InChI=1S/C19H27N3O2/c1-15-9-8-10-16(17(15)18(23)21-11-6-7-12-21)20-19(24)22-13-4-2-3-5-14-22/h8-10H,2-7,11-14H2,1H3,(H,20,24). The van der Waals surface area contributed by atoms with Gasteiger partial charge in [0, 0.05) is 26.2 Å². The number of urea groups is 1. The zero-order chi connectivity index (χ0) is 16.9. The molecule has 0 aromatic heterocycles. The Morgan fingerprint density at radius 1 is 0.875 bits per heavy atom. The Bertz CT molecular complexity index is 601. The van der Waals surface area contributed by atoms with Crippen LogP contribution in [0.25, 0.3) is 0 Å². The molecule has 1 aromatic carbocycles. The normalized spacial score (nSPS) is 18.4. The van der Waals surface area contributed by atoms with Crippen LogP contribution in [0.4, 0.5) is 10.5 Å². The zero-order valence-corrected chi connectivity index (χ0v) is 14.5. The summed E-state index contributed by atoms with van der Waals surface area (Å²) in [5, 5.41) is 2.99. The molecule has 2 aliphatic heterocycles. The van der Waals surface area contributed by atoms with Crippen LogP contribution in [0.3, 0.4) is 0 Å². The summed E-state index contributed by atoms with van der Waals surface area (Å²) in [6.45, 7) is 5.16. The summed E-state index contributed by atoms with van der Waals surface area (Å²) in [5.41, 5.74) is 2.20. The van der Waals surface area contributed by atoms with E-state index in [-0.39, 0.29) is 11.9 Å². The Morgan fingerprint density at radius 3 is 2.12 bits per heavy atom. The van der Waals surface area contributed by atoms with Gasteiger partial charge in [-0.25, -0.2) is 4.79 Å². The van der Waals surface area contributed by atoms with Crippen molar-refractivity contribution >= 4 is 17.6 Å². The number of carbonyl (C=O) groups is 2. The van der Waals surface area contributed by atoms with Crippen molar-refractivity contribution in [3.63, 3.8) is 0 Å². The van der Waals surface area contributed by atoms with Gasteiger partial charge in [0.15, 0.2) is 0 Å². The molecule has 24 heavy (non-hydrogen) atoms. The third-order valence-corrected chi connectivity index (χ3v) is 5.01. The smallest absolute Gasteiger partial charge is 0.321 e. The van der Waals surface area contributed by atoms with Gasteiger partial charge in [-0.1, -0.05) is 25.0 Å². The number of nitrogens with one attached hydrogen (secondary N) is 1. The largest absolute Gasteiger partial charge is 0.339 e. The molecule has 0 saturated carbocycles. The number of carbonyl (C=O) groups excluding carboxylic acids is 2. The van der Waals surface area contributed by atoms with E-state index in [0.717, 1.165) is 57.4 Å². The molecule has 2 heterocycles. The second-order valence-corrected chi connectivity index (χ2v) is 6.83. The predicted molar refractivity (Wildman–Crippen MR) is 95.4 cm³/mol.